The van der Waals surface area contributed by atoms with Crippen molar-refractivity contribution in [2.24, 2.45) is 11.8 Å². The van der Waals surface area contributed by atoms with Crippen LogP contribution in [-0.4, -0.2) is 77.0 Å². The molecule has 4 amide bonds. The number of nitrogens with one attached hydrogen (secondary N) is 4. The Hall–Kier alpha value is -3.32. The normalized spacial score (nSPS) is 14.0. The summed E-state index contributed by atoms with van der Waals surface area (Å²) >= 11 is 4.16. The number of carboxylic acid groups (broad SMARTS) is 1. The number of alkyl carbamates (subject to hydrolysis) is 1. The van der Waals surface area contributed by atoms with E-state index < -0.39 is 60.4 Å². The minimum absolute atomic E-state index is 0.0400. The molecule has 1 rings (SSSR count). The number of aliphatic carboxylic acids is 1. The van der Waals surface area contributed by atoms with Gasteiger partial charge in [-0.2, -0.15) is 12.6 Å². The SMILES string of the molecule is CC(C)COC(=O)N[C@@H](CCC(=O)O)C(=O)N[C@@H](CC(C)C)C(=O)N[C@@H](CS)C(=O)NCC(O)c1ccccc1. The van der Waals surface area contributed by atoms with E-state index in [4.69, 9.17) is 9.84 Å². The van der Waals surface area contributed by atoms with Gasteiger partial charge in [-0.3, -0.25) is 19.2 Å². The van der Waals surface area contributed by atoms with E-state index in [1.54, 1.807) is 30.3 Å². The third-order valence-electron chi connectivity index (χ3n) is 5.61. The Labute approximate surface area is 240 Å². The standard InChI is InChI=1S/C27H42N4O8S/c1-16(2)12-20(29-25(36)19(10-11-23(33)34)31-27(38)39-14-17(3)4)26(37)30-21(15-40)24(35)28-13-22(32)18-8-6-5-7-9-18/h5-9,16-17,19-22,32,40H,10-15H2,1-4H3,(H,28,35)(H,29,36)(H,30,37)(H,31,38)(H,33,34)/t19-,20-,21-,22?/m0/s1. The average Bonchev–Trinajstić information content (AvgIpc) is 2.90. The predicted molar refractivity (Wildman–Crippen MR) is 152 cm³/mol. The summed E-state index contributed by atoms with van der Waals surface area (Å²) in [6.45, 7) is 7.36. The number of carboxylic acids is 1. The molecule has 0 saturated heterocycles. The number of rotatable bonds is 17. The van der Waals surface area contributed by atoms with Gasteiger partial charge in [0.1, 0.15) is 18.1 Å². The minimum atomic E-state index is -1.26. The van der Waals surface area contributed by atoms with Gasteiger partial charge in [0.15, 0.2) is 0 Å². The Balaban J connectivity index is 2.88. The molecule has 6 N–H and O–H groups in total. The maximum Gasteiger partial charge on any atom is 0.407 e. The molecule has 0 saturated carbocycles. The van der Waals surface area contributed by atoms with Crippen LogP contribution in [0.5, 0.6) is 0 Å². The van der Waals surface area contributed by atoms with Gasteiger partial charge in [-0.25, -0.2) is 4.79 Å². The molecule has 0 heterocycles. The number of amides is 4. The Morgan fingerprint density at radius 2 is 1.45 bits per heavy atom. The number of ether oxygens (including phenoxy) is 1. The summed E-state index contributed by atoms with van der Waals surface area (Å²) in [6, 6.07) is 5.36. The van der Waals surface area contributed by atoms with Crippen molar-refractivity contribution >= 4 is 42.4 Å². The van der Waals surface area contributed by atoms with Gasteiger partial charge >= 0.3 is 12.1 Å². The zero-order valence-corrected chi connectivity index (χ0v) is 24.3. The highest BCUT2D eigenvalue weighted by molar-refractivity contribution is 7.80. The van der Waals surface area contributed by atoms with E-state index in [9.17, 15) is 29.1 Å². The molecule has 0 aromatic heterocycles. The molecule has 12 nitrogen and oxygen atoms in total. The summed E-state index contributed by atoms with van der Waals surface area (Å²) in [7, 11) is 0. The summed E-state index contributed by atoms with van der Waals surface area (Å²) in [5, 5.41) is 29.5. The van der Waals surface area contributed by atoms with Crippen molar-refractivity contribution in [3.8, 4) is 0 Å². The molecule has 224 valence electrons. The van der Waals surface area contributed by atoms with Crippen LogP contribution in [-0.2, 0) is 23.9 Å². The lowest BCUT2D eigenvalue weighted by Crippen LogP contribution is -2.57. The van der Waals surface area contributed by atoms with E-state index in [2.05, 4.69) is 33.9 Å². The summed E-state index contributed by atoms with van der Waals surface area (Å²) < 4.78 is 5.04. The molecular formula is C27H42N4O8S. The molecule has 1 aromatic rings. The lowest BCUT2D eigenvalue weighted by molar-refractivity contribution is -0.137. The van der Waals surface area contributed by atoms with Gasteiger partial charge in [-0.1, -0.05) is 58.0 Å². The minimum Gasteiger partial charge on any atom is -0.481 e. The maximum atomic E-state index is 13.1. The van der Waals surface area contributed by atoms with Crippen LogP contribution in [0.3, 0.4) is 0 Å². The molecule has 0 aliphatic rings. The van der Waals surface area contributed by atoms with Crippen molar-refractivity contribution in [1.82, 2.24) is 21.3 Å². The highest BCUT2D eigenvalue weighted by atomic mass is 32.1. The third kappa shape index (κ3) is 13.7. The van der Waals surface area contributed by atoms with E-state index in [-0.39, 0.29) is 43.6 Å². The lowest BCUT2D eigenvalue weighted by Gasteiger charge is -2.26. The highest BCUT2D eigenvalue weighted by Crippen LogP contribution is 2.11. The monoisotopic (exact) mass is 582 g/mol. The van der Waals surface area contributed by atoms with Gasteiger partial charge in [0.25, 0.3) is 0 Å². The Morgan fingerprint density at radius 3 is 2.00 bits per heavy atom. The molecule has 4 atom stereocenters. The number of aliphatic hydroxyl groups excluding tert-OH is 1. The number of benzene rings is 1. The smallest absolute Gasteiger partial charge is 0.407 e. The van der Waals surface area contributed by atoms with Gasteiger partial charge in [0.2, 0.25) is 17.7 Å². The first-order chi connectivity index (χ1) is 18.8. The van der Waals surface area contributed by atoms with E-state index in [1.165, 1.54) is 0 Å². The molecule has 0 bridgehead atoms. The van der Waals surface area contributed by atoms with Crippen molar-refractivity contribution in [3.05, 3.63) is 35.9 Å². The van der Waals surface area contributed by atoms with Crippen molar-refractivity contribution in [2.75, 3.05) is 18.9 Å². The fourth-order valence-corrected chi connectivity index (χ4v) is 3.78. The number of aliphatic hydroxyl groups is 1. The molecule has 0 spiro atoms. The van der Waals surface area contributed by atoms with Crippen LogP contribution in [0.1, 0.15) is 58.6 Å². The van der Waals surface area contributed by atoms with E-state index in [0.29, 0.717) is 5.56 Å². The van der Waals surface area contributed by atoms with Gasteiger partial charge < -0.3 is 36.2 Å². The zero-order chi connectivity index (χ0) is 30.2. The Kier molecular flexibility index (Phi) is 15.7. The summed E-state index contributed by atoms with van der Waals surface area (Å²) in [4.78, 5) is 62.2. The van der Waals surface area contributed by atoms with E-state index >= 15 is 0 Å². The second-order valence-corrected chi connectivity index (χ2v) is 10.6. The van der Waals surface area contributed by atoms with Crippen LogP contribution < -0.4 is 21.3 Å². The molecule has 40 heavy (non-hydrogen) atoms. The quantitative estimate of drug-likeness (QED) is 0.134. The molecule has 0 aliphatic carbocycles. The number of carbonyl (C=O) groups excluding carboxylic acids is 4. The Bertz CT molecular complexity index is 977. The van der Waals surface area contributed by atoms with E-state index in [0.717, 1.165) is 0 Å². The number of thiol groups is 1. The van der Waals surface area contributed by atoms with Crippen LogP contribution >= 0.6 is 12.6 Å². The first kappa shape index (κ1) is 34.7. The van der Waals surface area contributed by atoms with Crippen LogP contribution in [0.25, 0.3) is 0 Å². The van der Waals surface area contributed by atoms with Gasteiger partial charge in [0, 0.05) is 18.7 Å². The first-order valence-electron chi connectivity index (χ1n) is 13.2. The fraction of sp³-hybridized carbons (Fsp3) is 0.593. The largest absolute Gasteiger partial charge is 0.481 e. The van der Waals surface area contributed by atoms with Crippen LogP contribution in [0.4, 0.5) is 4.79 Å². The van der Waals surface area contributed by atoms with E-state index in [1.807, 2.05) is 27.7 Å². The molecule has 0 aliphatic heterocycles. The molecule has 1 unspecified atom stereocenters. The number of hydrogen-bond donors (Lipinski definition) is 7. The molecule has 0 fully saturated rings. The maximum absolute atomic E-state index is 13.1. The van der Waals surface area contributed by atoms with Crippen molar-refractivity contribution in [1.29, 1.82) is 0 Å². The lowest BCUT2D eigenvalue weighted by atomic mass is 10.0. The topological polar surface area (TPSA) is 183 Å². The average molecular weight is 583 g/mol. The molecule has 1 aromatic carbocycles. The zero-order valence-electron chi connectivity index (χ0n) is 23.4. The van der Waals surface area contributed by atoms with Crippen molar-refractivity contribution < 1.29 is 38.9 Å². The first-order valence-corrected chi connectivity index (χ1v) is 13.8. The molecule has 0 radical (unpaired) electrons. The van der Waals surface area contributed by atoms with Crippen molar-refractivity contribution in [3.63, 3.8) is 0 Å². The summed E-state index contributed by atoms with van der Waals surface area (Å²) in [6.07, 6.45) is -2.25. The number of carbonyl (C=O) groups is 5. The molecule has 13 heteroatoms. The Morgan fingerprint density at radius 1 is 0.850 bits per heavy atom. The summed E-state index contributed by atoms with van der Waals surface area (Å²) in [5.41, 5.74) is 0.619. The second-order valence-electron chi connectivity index (χ2n) is 10.2. The molecular weight excluding hydrogens is 540 g/mol. The highest BCUT2D eigenvalue weighted by Gasteiger charge is 2.30. The predicted octanol–water partition coefficient (Wildman–Crippen LogP) is 1.40. The van der Waals surface area contributed by atoms with Gasteiger partial charge in [0.05, 0.1) is 12.7 Å². The van der Waals surface area contributed by atoms with Gasteiger partial charge in [-0.15, -0.1) is 0 Å². The van der Waals surface area contributed by atoms with Crippen LogP contribution in [0.15, 0.2) is 30.3 Å². The summed E-state index contributed by atoms with van der Waals surface area (Å²) in [5.74, 6) is -3.18. The van der Waals surface area contributed by atoms with Crippen LogP contribution in [0, 0.1) is 11.8 Å². The van der Waals surface area contributed by atoms with Crippen LogP contribution in [0.2, 0.25) is 0 Å². The number of hydrogen-bond acceptors (Lipinski definition) is 8. The van der Waals surface area contributed by atoms with Crippen molar-refractivity contribution in [2.45, 2.75) is 71.2 Å². The fourth-order valence-electron chi connectivity index (χ4n) is 3.52. The third-order valence-corrected chi connectivity index (χ3v) is 5.98. The van der Waals surface area contributed by atoms with Gasteiger partial charge in [-0.05, 0) is 30.2 Å². The second kappa shape index (κ2) is 18.1.